The fraction of sp³-hybridized carbons (Fsp3) is 0.125. The summed E-state index contributed by atoms with van der Waals surface area (Å²) in [6.45, 7) is 0. The number of sulfonamides is 1. The molecule has 0 unspecified atom stereocenters. The Balaban J connectivity index is 2.44. The second-order valence-corrected chi connectivity index (χ2v) is 4.71. The first-order valence-corrected chi connectivity index (χ1v) is 5.69. The van der Waals surface area contributed by atoms with Gasteiger partial charge in [-0.05, 0) is 11.6 Å². The average Bonchev–Trinajstić information content (AvgIpc) is 2.47. The molecule has 2 rings (SSSR count). The molecular formula is C8H9N3O2S. The molecule has 0 aliphatic carbocycles. The summed E-state index contributed by atoms with van der Waals surface area (Å²) in [6, 6.07) is 5.26. The van der Waals surface area contributed by atoms with Crippen molar-refractivity contribution in [3.63, 3.8) is 0 Å². The number of H-pyrrole nitrogens is 1. The van der Waals surface area contributed by atoms with Gasteiger partial charge in [0.05, 0.1) is 17.5 Å². The van der Waals surface area contributed by atoms with Crippen molar-refractivity contribution in [2.45, 2.75) is 5.75 Å². The van der Waals surface area contributed by atoms with Gasteiger partial charge in [-0.2, -0.15) is 5.10 Å². The topological polar surface area (TPSA) is 88.8 Å². The van der Waals surface area contributed by atoms with Crippen molar-refractivity contribution in [2.24, 2.45) is 5.14 Å². The van der Waals surface area contributed by atoms with Crippen LogP contribution in [-0.4, -0.2) is 18.6 Å². The van der Waals surface area contributed by atoms with E-state index in [2.05, 4.69) is 10.2 Å². The second-order valence-electron chi connectivity index (χ2n) is 3.10. The quantitative estimate of drug-likeness (QED) is 0.751. The van der Waals surface area contributed by atoms with Gasteiger partial charge in [-0.3, -0.25) is 5.10 Å². The minimum atomic E-state index is -3.46. The molecule has 0 fully saturated rings. The number of nitrogens with two attached hydrogens (primary N) is 1. The molecule has 0 aliphatic heterocycles. The molecule has 2 aromatic rings. The van der Waals surface area contributed by atoms with Crippen LogP contribution in [0.2, 0.25) is 0 Å². The zero-order valence-electron chi connectivity index (χ0n) is 7.27. The first-order chi connectivity index (χ1) is 6.54. The molecule has 6 heteroatoms. The maximum Gasteiger partial charge on any atom is 0.213 e. The van der Waals surface area contributed by atoms with E-state index >= 15 is 0 Å². The summed E-state index contributed by atoms with van der Waals surface area (Å²) in [5.74, 6) is -0.151. The second kappa shape index (κ2) is 3.07. The molecule has 0 radical (unpaired) electrons. The van der Waals surface area contributed by atoms with Crippen LogP contribution in [0.3, 0.4) is 0 Å². The van der Waals surface area contributed by atoms with E-state index in [0.29, 0.717) is 5.56 Å². The average molecular weight is 211 g/mol. The Labute approximate surface area is 81.0 Å². The summed E-state index contributed by atoms with van der Waals surface area (Å²) in [6.07, 6.45) is 1.68. The van der Waals surface area contributed by atoms with E-state index in [-0.39, 0.29) is 5.75 Å². The number of hydrogen-bond donors (Lipinski definition) is 2. The molecule has 0 saturated carbocycles. The van der Waals surface area contributed by atoms with E-state index in [1.165, 1.54) is 0 Å². The zero-order chi connectivity index (χ0) is 10.2. The molecule has 1 aromatic heterocycles. The van der Waals surface area contributed by atoms with Gasteiger partial charge in [0, 0.05) is 5.39 Å². The number of nitrogens with zero attached hydrogens (tertiary/aromatic N) is 1. The molecule has 1 aromatic carbocycles. The summed E-state index contributed by atoms with van der Waals surface area (Å²) in [4.78, 5) is 0. The smallest absolute Gasteiger partial charge is 0.213 e. The van der Waals surface area contributed by atoms with Crippen LogP contribution >= 0.6 is 0 Å². The third kappa shape index (κ3) is 1.91. The van der Waals surface area contributed by atoms with E-state index < -0.39 is 10.0 Å². The lowest BCUT2D eigenvalue weighted by molar-refractivity contribution is 0.597. The number of aromatic amines is 1. The molecule has 5 nitrogen and oxygen atoms in total. The largest absolute Gasteiger partial charge is 0.278 e. The van der Waals surface area contributed by atoms with Crippen molar-refractivity contribution in [3.8, 4) is 0 Å². The first-order valence-electron chi connectivity index (χ1n) is 3.97. The highest BCUT2D eigenvalue weighted by Gasteiger charge is 2.05. The van der Waals surface area contributed by atoms with Gasteiger partial charge in [0.25, 0.3) is 0 Å². The third-order valence-corrected chi connectivity index (χ3v) is 2.61. The summed E-state index contributed by atoms with van der Waals surface area (Å²) in [7, 11) is -3.46. The first kappa shape index (κ1) is 9.17. The SMILES string of the molecule is NS(=O)(=O)Cc1ccc2cn[nH]c2c1. The van der Waals surface area contributed by atoms with E-state index in [1.807, 2.05) is 0 Å². The van der Waals surface area contributed by atoms with Gasteiger partial charge < -0.3 is 0 Å². The number of nitrogens with one attached hydrogen (secondary N) is 1. The zero-order valence-corrected chi connectivity index (χ0v) is 8.08. The fourth-order valence-electron chi connectivity index (χ4n) is 1.31. The summed E-state index contributed by atoms with van der Waals surface area (Å²) in [5, 5.41) is 12.5. The van der Waals surface area contributed by atoms with Gasteiger partial charge in [0.15, 0.2) is 0 Å². The van der Waals surface area contributed by atoms with E-state index in [1.54, 1.807) is 24.4 Å². The van der Waals surface area contributed by atoms with Crippen molar-refractivity contribution < 1.29 is 8.42 Å². The number of aromatic nitrogens is 2. The number of primary sulfonamides is 1. The monoisotopic (exact) mass is 211 g/mol. The Morgan fingerprint density at radius 2 is 2.21 bits per heavy atom. The Bertz CT molecular complexity index is 559. The van der Waals surface area contributed by atoms with Crippen LogP contribution in [-0.2, 0) is 15.8 Å². The summed E-state index contributed by atoms with van der Waals surface area (Å²) < 4.78 is 21.7. The van der Waals surface area contributed by atoms with Gasteiger partial charge >= 0.3 is 0 Å². The maximum atomic E-state index is 10.8. The van der Waals surface area contributed by atoms with Gasteiger partial charge in [0.1, 0.15) is 0 Å². The molecule has 3 N–H and O–H groups in total. The number of benzene rings is 1. The van der Waals surface area contributed by atoms with Crippen molar-refractivity contribution >= 4 is 20.9 Å². The van der Waals surface area contributed by atoms with E-state index in [0.717, 1.165) is 10.9 Å². The van der Waals surface area contributed by atoms with E-state index in [9.17, 15) is 8.42 Å². The van der Waals surface area contributed by atoms with Crippen LogP contribution < -0.4 is 5.14 Å². The Hall–Kier alpha value is -1.40. The van der Waals surface area contributed by atoms with Crippen LogP contribution in [0, 0.1) is 0 Å². The molecule has 0 saturated heterocycles. The lowest BCUT2D eigenvalue weighted by atomic mass is 10.2. The summed E-state index contributed by atoms with van der Waals surface area (Å²) in [5.41, 5.74) is 1.47. The fourth-order valence-corrected chi connectivity index (χ4v) is 1.95. The predicted octanol–water partition coefficient (Wildman–Crippen LogP) is 0.351. The lowest BCUT2D eigenvalue weighted by Crippen LogP contribution is -2.14. The highest BCUT2D eigenvalue weighted by Crippen LogP contribution is 2.13. The molecule has 0 aliphatic rings. The van der Waals surface area contributed by atoms with Gasteiger partial charge in [-0.1, -0.05) is 12.1 Å². The maximum absolute atomic E-state index is 10.8. The van der Waals surface area contributed by atoms with Gasteiger partial charge in [-0.15, -0.1) is 0 Å². The van der Waals surface area contributed by atoms with Crippen LogP contribution in [0.4, 0.5) is 0 Å². The Kier molecular flexibility index (Phi) is 2.01. The number of fused-ring (bicyclic) bond motifs is 1. The third-order valence-electron chi connectivity index (χ3n) is 1.87. The van der Waals surface area contributed by atoms with Gasteiger partial charge in [-0.25, -0.2) is 13.6 Å². The molecule has 74 valence electrons. The minimum Gasteiger partial charge on any atom is -0.278 e. The van der Waals surface area contributed by atoms with Crippen LogP contribution in [0.5, 0.6) is 0 Å². The van der Waals surface area contributed by atoms with Crippen LogP contribution in [0.1, 0.15) is 5.56 Å². The standard InChI is InChI=1S/C8H9N3O2S/c9-14(12,13)5-6-1-2-7-4-10-11-8(7)3-6/h1-4H,5H2,(H,10,11)(H2,9,12,13). The Morgan fingerprint density at radius 1 is 1.43 bits per heavy atom. The van der Waals surface area contributed by atoms with Gasteiger partial charge in [0.2, 0.25) is 10.0 Å². The predicted molar refractivity (Wildman–Crippen MR) is 52.9 cm³/mol. The highest BCUT2D eigenvalue weighted by atomic mass is 32.2. The van der Waals surface area contributed by atoms with Crippen molar-refractivity contribution in [1.29, 1.82) is 0 Å². The lowest BCUT2D eigenvalue weighted by Gasteiger charge is -1.98. The number of hydrogen-bond acceptors (Lipinski definition) is 3. The van der Waals surface area contributed by atoms with Crippen LogP contribution in [0.25, 0.3) is 10.9 Å². The molecule has 1 heterocycles. The summed E-state index contributed by atoms with van der Waals surface area (Å²) >= 11 is 0. The molecule has 14 heavy (non-hydrogen) atoms. The molecule has 0 spiro atoms. The van der Waals surface area contributed by atoms with Crippen molar-refractivity contribution in [2.75, 3.05) is 0 Å². The molecule has 0 amide bonds. The number of rotatable bonds is 2. The van der Waals surface area contributed by atoms with Crippen molar-refractivity contribution in [3.05, 3.63) is 30.0 Å². The molecule has 0 atom stereocenters. The van der Waals surface area contributed by atoms with Crippen LogP contribution in [0.15, 0.2) is 24.4 Å². The normalized spacial score (nSPS) is 12.1. The minimum absolute atomic E-state index is 0.151. The molecule has 0 bridgehead atoms. The van der Waals surface area contributed by atoms with E-state index in [4.69, 9.17) is 5.14 Å². The Morgan fingerprint density at radius 3 is 2.93 bits per heavy atom. The van der Waals surface area contributed by atoms with Crippen molar-refractivity contribution in [1.82, 2.24) is 10.2 Å². The highest BCUT2D eigenvalue weighted by molar-refractivity contribution is 7.88. The molecular weight excluding hydrogens is 202 g/mol.